The lowest BCUT2D eigenvalue weighted by molar-refractivity contribution is 0.107. The van der Waals surface area contributed by atoms with Gasteiger partial charge in [-0.05, 0) is 61.9 Å². The van der Waals surface area contributed by atoms with Crippen LogP contribution in [0.4, 0.5) is 0 Å². The summed E-state index contributed by atoms with van der Waals surface area (Å²) in [5, 5.41) is 13.4. The molecule has 2 N–H and O–H groups in total. The van der Waals surface area contributed by atoms with Crippen LogP contribution in [-0.4, -0.2) is 30.4 Å². The Morgan fingerprint density at radius 2 is 2.16 bits per heavy atom. The van der Waals surface area contributed by atoms with E-state index in [1.165, 1.54) is 36.8 Å². The van der Waals surface area contributed by atoms with E-state index < -0.39 is 0 Å². The number of hydrogen-bond donors (Lipinski definition) is 2. The molecule has 1 fully saturated rings. The van der Waals surface area contributed by atoms with Gasteiger partial charge in [0.25, 0.3) is 0 Å². The molecule has 104 valence electrons. The van der Waals surface area contributed by atoms with Crippen LogP contribution in [0.5, 0.6) is 5.75 Å². The highest BCUT2D eigenvalue weighted by Crippen LogP contribution is 2.26. The van der Waals surface area contributed by atoms with Crippen LogP contribution >= 0.6 is 0 Å². The molecule has 1 aliphatic heterocycles. The van der Waals surface area contributed by atoms with Gasteiger partial charge in [0.2, 0.25) is 0 Å². The van der Waals surface area contributed by atoms with Crippen molar-refractivity contribution in [2.24, 2.45) is 0 Å². The smallest absolute Gasteiger partial charge is 0.119 e. The molecule has 1 aliphatic carbocycles. The minimum absolute atomic E-state index is 0.267. The van der Waals surface area contributed by atoms with Gasteiger partial charge in [-0.1, -0.05) is 6.07 Å². The largest absolute Gasteiger partial charge is 0.493 e. The zero-order valence-corrected chi connectivity index (χ0v) is 11.4. The predicted molar refractivity (Wildman–Crippen MR) is 75.6 cm³/mol. The van der Waals surface area contributed by atoms with Crippen molar-refractivity contribution < 1.29 is 9.84 Å². The molecule has 1 aromatic carbocycles. The Labute approximate surface area is 115 Å². The number of aliphatic hydroxyl groups is 1. The minimum Gasteiger partial charge on any atom is -0.493 e. The second kappa shape index (κ2) is 5.93. The molecule has 3 heteroatoms. The summed E-state index contributed by atoms with van der Waals surface area (Å²) in [6, 6.07) is 6.68. The lowest BCUT2D eigenvalue weighted by Crippen LogP contribution is -2.35. The van der Waals surface area contributed by atoms with Crippen LogP contribution in [0.2, 0.25) is 0 Å². The molecule has 0 aromatic heterocycles. The molecule has 2 atom stereocenters. The fourth-order valence-electron chi connectivity index (χ4n) is 3.18. The first-order valence-electron chi connectivity index (χ1n) is 7.49. The van der Waals surface area contributed by atoms with Crippen LogP contribution in [0.1, 0.15) is 36.8 Å². The van der Waals surface area contributed by atoms with Crippen LogP contribution in [0.3, 0.4) is 0 Å². The summed E-state index contributed by atoms with van der Waals surface area (Å²) in [4.78, 5) is 0. The molecule has 0 spiro atoms. The predicted octanol–water partition coefficient (Wildman–Crippen LogP) is 2.06. The Bertz CT molecular complexity index is 427. The maximum Gasteiger partial charge on any atom is 0.119 e. The van der Waals surface area contributed by atoms with Crippen LogP contribution in [0.25, 0.3) is 0 Å². The molecule has 19 heavy (non-hydrogen) atoms. The molecule has 0 saturated carbocycles. The maximum absolute atomic E-state index is 10.0. The Balaban J connectivity index is 1.47. The van der Waals surface area contributed by atoms with Crippen molar-refractivity contribution in [1.29, 1.82) is 0 Å². The van der Waals surface area contributed by atoms with E-state index in [0.717, 1.165) is 18.7 Å². The molecule has 0 radical (unpaired) electrons. The minimum atomic E-state index is -0.281. The molecule has 0 amide bonds. The highest BCUT2D eigenvalue weighted by Gasteiger charge is 2.22. The molecular weight excluding hydrogens is 238 g/mol. The number of benzene rings is 1. The highest BCUT2D eigenvalue weighted by molar-refractivity contribution is 5.38. The van der Waals surface area contributed by atoms with Crippen LogP contribution < -0.4 is 10.1 Å². The van der Waals surface area contributed by atoms with Crippen LogP contribution in [-0.2, 0) is 12.8 Å². The number of hydrogen-bond acceptors (Lipinski definition) is 3. The van der Waals surface area contributed by atoms with Gasteiger partial charge >= 0.3 is 0 Å². The van der Waals surface area contributed by atoms with E-state index in [-0.39, 0.29) is 12.1 Å². The van der Waals surface area contributed by atoms with Crippen molar-refractivity contribution >= 4 is 0 Å². The third-order valence-corrected chi connectivity index (χ3v) is 4.32. The van der Waals surface area contributed by atoms with Crippen LogP contribution in [0.15, 0.2) is 18.2 Å². The first-order valence-corrected chi connectivity index (χ1v) is 7.49. The van der Waals surface area contributed by atoms with Gasteiger partial charge in [0, 0.05) is 12.5 Å². The van der Waals surface area contributed by atoms with E-state index in [1.54, 1.807) is 0 Å². The summed E-state index contributed by atoms with van der Waals surface area (Å²) in [5.41, 5.74) is 2.91. The van der Waals surface area contributed by atoms with Gasteiger partial charge in [0.1, 0.15) is 5.75 Å². The van der Waals surface area contributed by atoms with E-state index in [4.69, 9.17) is 4.74 Å². The lowest BCUT2D eigenvalue weighted by Gasteiger charge is -2.18. The van der Waals surface area contributed by atoms with Crippen molar-refractivity contribution in [2.75, 3.05) is 13.2 Å². The maximum atomic E-state index is 10.0. The molecule has 2 aliphatic rings. The third kappa shape index (κ3) is 3.10. The monoisotopic (exact) mass is 261 g/mol. The quantitative estimate of drug-likeness (QED) is 0.852. The molecule has 2 unspecified atom stereocenters. The summed E-state index contributed by atoms with van der Waals surface area (Å²) in [5.74, 6) is 0.951. The number of aryl methyl sites for hydroxylation is 2. The van der Waals surface area contributed by atoms with Gasteiger partial charge in [-0.2, -0.15) is 0 Å². The van der Waals surface area contributed by atoms with E-state index >= 15 is 0 Å². The summed E-state index contributed by atoms with van der Waals surface area (Å²) < 4.78 is 5.77. The zero-order chi connectivity index (χ0) is 13.1. The van der Waals surface area contributed by atoms with Crippen molar-refractivity contribution in [1.82, 2.24) is 5.32 Å². The molecule has 1 heterocycles. The third-order valence-electron chi connectivity index (χ3n) is 4.32. The first-order chi connectivity index (χ1) is 9.33. The second-order valence-electron chi connectivity index (χ2n) is 5.69. The van der Waals surface area contributed by atoms with Crippen LogP contribution in [0, 0.1) is 0 Å². The van der Waals surface area contributed by atoms with Crippen molar-refractivity contribution in [3.8, 4) is 5.75 Å². The van der Waals surface area contributed by atoms with E-state index in [2.05, 4.69) is 23.5 Å². The topological polar surface area (TPSA) is 41.5 Å². The Morgan fingerprint density at radius 3 is 3.00 bits per heavy atom. The Morgan fingerprint density at radius 1 is 1.26 bits per heavy atom. The molecule has 3 nitrogen and oxygen atoms in total. The summed E-state index contributed by atoms with van der Waals surface area (Å²) in [6.45, 7) is 1.63. The molecule has 0 bridgehead atoms. The lowest BCUT2D eigenvalue weighted by atomic mass is 10.1. The van der Waals surface area contributed by atoms with E-state index in [9.17, 15) is 5.11 Å². The summed E-state index contributed by atoms with van der Waals surface area (Å²) >= 11 is 0. The van der Waals surface area contributed by atoms with Gasteiger partial charge in [-0.3, -0.25) is 0 Å². The molecule has 3 rings (SSSR count). The normalized spacial score (nSPS) is 23.3. The van der Waals surface area contributed by atoms with Gasteiger partial charge < -0.3 is 15.2 Å². The van der Waals surface area contributed by atoms with Crippen molar-refractivity contribution in [3.63, 3.8) is 0 Å². The standard InChI is InChI=1S/C16H23NO2/c18-16(15-5-2-9-17-15)8-10-19-14-7-6-12-3-1-4-13(12)11-14/h6-7,11,15-18H,1-5,8-10H2. The van der Waals surface area contributed by atoms with Crippen molar-refractivity contribution in [2.45, 2.75) is 50.7 Å². The second-order valence-corrected chi connectivity index (χ2v) is 5.69. The molecule has 1 aromatic rings. The Hall–Kier alpha value is -1.06. The average molecular weight is 261 g/mol. The van der Waals surface area contributed by atoms with Gasteiger partial charge in [0.05, 0.1) is 12.7 Å². The fraction of sp³-hybridized carbons (Fsp3) is 0.625. The van der Waals surface area contributed by atoms with Gasteiger partial charge in [-0.15, -0.1) is 0 Å². The zero-order valence-electron chi connectivity index (χ0n) is 11.4. The first kappa shape index (κ1) is 12.9. The number of nitrogens with one attached hydrogen (secondary N) is 1. The van der Waals surface area contributed by atoms with Crippen molar-refractivity contribution in [3.05, 3.63) is 29.3 Å². The van der Waals surface area contributed by atoms with Gasteiger partial charge in [0.15, 0.2) is 0 Å². The number of aliphatic hydroxyl groups excluding tert-OH is 1. The number of ether oxygens (including phenoxy) is 1. The summed E-state index contributed by atoms with van der Waals surface area (Å²) in [6.07, 6.45) is 6.34. The molecule has 1 saturated heterocycles. The number of fused-ring (bicyclic) bond motifs is 1. The average Bonchev–Trinajstić information content (AvgIpc) is 3.09. The summed E-state index contributed by atoms with van der Waals surface area (Å²) in [7, 11) is 0. The fourth-order valence-corrected chi connectivity index (χ4v) is 3.18. The van der Waals surface area contributed by atoms with E-state index in [0.29, 0.717) is 13.0 Å². The SMILES string of the molecule is OC(CCOc1ccc2c(c1)CCC2)C1CCCN1. The van der Waals surface area contributed by atoms with Gasteiger partial charge in [-0.25, -0.2) is 0 Å². The Kier molecular flexibility index (Phi) is 4.04. The molecular formula is C16H23NO2. The highest BCUT2D eigenvalue weighted by atomic mass is 16.5. The van der Waals surface area contributed by atoms with E-state index in [1.807, 2.05) is 0 Å². The number of rotatable bonds is 5.